The topological polar surface area (TPSA) is 85.4 Å². The molecule has 0 atom stereocenters. The van der Waals surface area contributed by atoms with E-state index in [2.05, 4.69) is 53.5 Å². The summed E-state index contributed by atoms with van der Waals surface area (Å²) >= 11 is 0. The molecule has 0 radical (unpaired) electrons. The van der Waals surface area contributed by atoms with Crippen molar-refractivity contribution in [3.63, 3.8) is 0 Å². The molecule has 2 N–H and O–H groups in total. The summed E-state index contributed by atoms with van der Waals surface area (Å²) in [6, 6.07) is 7.97. The van der Waals surface area contributed by atoms with Gasteiger partial charge in [0.15, 0.2) is 0 Å². The van der Waals surface area contributed by atoms with Gasteiger partial charge in [0, 0.05) is 11.7 Å². The number of methoxy groups -OCH3 is 1. The van der Waals surface area contributed by atoms with Gasteiger partial charge in [-0.25, -0.2) is 4.79 Å². The first-order valence-electron chi connectivity index (χ1n) is 10.0. The van der Waals surface area contributed by atoms with Crippen LogP contribution in [0.2, 0.25) is 0 Å². The number of aromatic nitrogens is 2. The summed E-state index contributed by atoms with van der Waals surface area (Å²) in [5, 5.41) is 5.98. The van der Waals surface area contributed by atoms with E-state index in [0.29, 0.717) is 11.8 Å². The van der Waals surface area contributed by atoms with Crippen molar-refractivity contribution in [3.05, 3.63) is 42.2 Å². The van der Waals surface area contributed by atoms with Crippen LogP contribution >= 0.6 is 0 Å². The largest absolute Gasteiger partial charge is 0.480 e. The summed E-state index contributed by atoms with van der Waals surface area (Å²) in [4.78, 5) is 20.6. The van der Waals surface area contributed by atoms with Crippen molar-refractivity contribution in [1.29, 1.82) is 0 Å². The van der Waals surface area contributed by atoms with Crippen molar-refractivity contribution in [2.75, 3.05) is 12.4 Å². The maximum Gasteiger partial charge on any atom is 0.319 e. The summed E-state index contributed by atoms with van der Waals surface area (Å²) in [7, 11) is 1.55. The first kappa shape index (κ1) is 20.9. The molecule has 7 heteroatoms. The van der Waals surface area contributed by atoms with Crippen LogP contribution in [-0.2, 0) is 5.41 Å². The third-order valence-electron chi connectivity index (χ3n) is 5.11. The molecule has 1 saturated carbocycles. The molecule has 0 unspecified atom stereocenters. The number of hydrogen-bond acceptors (Lipinski definition) is 5. The average Bonchev–Trinajstić information content (AvgIpc) is 2.69. The number of amides is 2. The van der Waals surface area contributed by atoms with Crippen molar-refractivity contribution in [1.82, 2.24) is 15.3 Å². The number of anilines is 1. The van der Waals surface area contributed by atoms with Gasteiger partial charge in [-0.3, -0.25) is 4.98 Å². The van der Waals surface area contributed by atoms with Gasteiger partial charge in [0.05, 0.1) is 19.5 Å². The maximum atomic E-state index is 12.3. The molecule has 0 bridgehead atoms. The number of benzene rings is 1. The van der Waals surface area contributed by atoms with Gasteiger partial charge < -0.3 is 20.1 Å². The lowest BCUT2D eigenvalue weighted by molar-refractivity contribution is 0.134. The molecule has 1 fully saturated rings. The minimum Gasteiger partial charge on any atom is -0.480 e. The first-order valence-corrected chi connectivity index (χ1v) is 10.0. The number of hydrogen-bond donors (Lipinski definition) is 2. The van der Waals surface area contributed by atoms with E-state index in [1.807, 2.05) is 12.1 Å². The van der Waals surface area contributed by atoms with E-state index < -0.39 is 0 Å². The number of nitrogens with zero attached hydrogens (tertiary/aromatic N) is 2. The van der Waals surface area contributed by atoms with E-state index in [-0.39, 0.29) is 23.6 Å². The van der Waals surface area contributed by atoms with Crippen molar-refractivity contribution in [2.24, 2.45) is 0 Å². The van der Waals surface area contributed by atoms with Gasteiger partial charge >= 0.3 is 6.03 Å². The molecule has 2 aromatic rings. The molecule has 0 aliphatic heterocycles. The predicted octanol–water partition coefficient (Wildman–Crippen LogP) is 4.29. The standard InChI is InChI=1S/C22H30N4O3/c1-22(2,3)15-5-7-16(8-6-15)24-21(27)25-17-9-11-18(12-10-17)29-20-14-23-13-19(26-20)28-4/h5-8,13-14,17-18H,9-12H2,1-4H3,(H2,24,25,27). The summed E-state index contributed by atoms with van der Waals surface area (Å²) in [5.74, 6) is 0.905. The lowest BCUT2D eigenvalue weighted by Crippen LogP contribution is -2.41. The van der Waals surface area contributed by atoms with E-state index in [1.54, 1.807) is 19.5 Å². The molecule has 0 saturated heterocycles. The highest BCUT2D eigenvalue weighted by molar-refractivity contribution is 5.89. The highest BCUT2D eigenvalue weighted by atomic mass is 16.5. The minimum atomic E-state index is -0.170. The van der Waals surface area contributed by atoms with E-state index in [4.69, 9.17) is 9.47 Å². The zero-order valence-corrected chi connectivity index (χ0v) is 17.6. The number of urea groups is 1. The monoisotopic (exact) mass is 398 g/mol. The summed E-state index contributed by atoms with van der Waals surface area (Å²) in [6.07, 6.45) is 6.63. The van der Waals surface area contributed by atoms with E-state index in [0.717, 1.165) is 31.4 Å². The zero-order valence-electron chi connectivity index (χ0n) is 17.6. The van der Waals surface area contributed by atoms with Crippen LogP contribution in [0, 0.1) is 0 Å². The van der Waals surface area contributed by atoms with Crippen LogP contribution in [0.5, 0.6) is 11.8 Å². The van der Waals surface area contributed by atoms with E-state index in [9.17, 15) is 4.79 Å². The minimum absolute atomic E-state index is 0.0717. The Labute approximate surface area is 172 Å². The first-order chi connectivity index (χ1) is 13.8. The van der Waals surface area contributed by atoms with Gasteiger partial charge in [0.25, 0.3) is 0 Å². The lowest BCUT2D eigenvalue weighted by atomic mass is 9.87. The Hall–Kier alpha value is -2.83. The van der Waals surface area contributed by atoms with Crippen molar-refractivity contribution < 1.29 is 14.3 Å². The lowest BCUT2D eigenvalue weighted by Gasteiger charge is -2.29. The van der Waals surface area contributed by atoms with Crippen molar-refractivity contribution in [3.8, 4) is 11.8 Å². The number of carbonyl (C=O) groups excluding carboxylic acids is 1. The highest BCUT2D eigenvalue weighted by Gasteiger charge is 2.24. The van der Waals surface area contributed by atoms with Crippen LogP contribution in [0.25, 0.3) is 0 Å². The molecule has 0 spiro atoms. The average molecular weight is 399 g/mol. The van der Waals surface area contributed by atoms with Gasteiger partial charge in [-0.15, -0.1) is 0 Å². The van der Waals surface area contributed by atoms with Gasteiger partial charge in [0.1, 0.15) is 6.10 Å². The van der Waals surface area contributed by atoms with Gasteiger partial charge in [-0.2, -0.15) is 4.98 Å². The Morgan fingerprint density at radius 3 is 2.31 bits per heavy atom. The van der Waals surface area contributed by atoms with E-state index >= 15 is 0 Å². The number of nitrogens with one attached hydrogen (secondary N) is 2. The number of carbonyl (C=O) groups is 1. The Morgan fingerprint density at radius 1 is 1.03 bits per heavy atom. The van der Waals surface area contributed by atoms with Crippen LogP contribution in [0.15, 0.2) is 36.7 Å². The second kappa shape index (κ2) is 9.11. The molecule has 2 amide bonds. The smallest absolute Gasteiger partial charge is 0.319 e. The van der Waals surface area contributed by atoms with Crippen LogP contribution < -0.4 is 20.1 Å². The third kappa shape index (κ3) is 6.07. The normalized spacial score (nSPS) is 19.3. The van der Waals surface area contributed by atoms with Crippen LogP contribution in [0.1, 0.15) is 52.0 Å². The van der Waals surface area contributed by atoms with Crippen molar-refractivity contribution in [2.45, 2.75) is 64.0 Å². The molecule has 1 aliphatic rings. The third-order valence-corrected chi connectivity index (χ3v) is 5.11. The van der Waals surface area contributed by atoms with Gasteiger partial charge in [-0.05, 0) is 48.8 Å². The van der Waals surface area contributed by atoms with Crippen LogP contribution in [0.4, 0.5) is 10.5 Å². The molecule has 1 aromatic carbocycles. The maximum absolute atomic E-state index is 12.3. The molecular weight excluding hydrogens is 368 g/mol. The van der Waals surface area contributed by atoms with Gasteiger partial charge in [0.2, 0.25) is 11.8 Å². The quantitative estimate of drug-likeness (QED) is 0.785. The summed E-state index contributed by atoms with van der Waals surface area (Å²) in [6.45, 7) is 6.51. The van der Waals surface area contributed by atoms with Crippen LogP contribution in [-0.4, -0.2) is 35.3 Å². The second-order valence-corrected chi connectivity index (χ2v) is 8.42. The molecule has 1 aromatic heterocycles. The molecule has 29 heavy (non-hydrogen) atoms. The zero-order chi connectivity index (χ0) is 20.9. The van der Waals surface area contributed by atoms with E-state index in [1.165, 1.54) is 5.56 Å². The number of ether oxygens (including phenoxy) is 2. The number of rotatable bonds is 5. The highest BCUT2D eigenvalue weighted by Crippen LogP contribution is 2.25. The fourth-order valence-corrected chi connectivity index (χ4v) is 3.39. The Kier molecular flexibility index (Phi) is 6.56. The molecule has 7 nitrogen and oxygen atoms in total. The fourth-order valence-electron chi connectivity index (χ4n) is 3.39. The molecule has 1 heterocycles. The Bertz CT molecular complexity index is 810. The molecule has 3 rings (SSSR count). The van der Waals surface area contributed by atoms with Gasteiger partial charge in [-0.1, -0.05) is 32.9 Å². The Balaban J connectivity index is 1.43. The van der Waals surface area contributed by atoms with Crippen LogP contribution in [0.3, 0.4) is 0 Å². The fraction of sp³-hybridized carbons (Fsp3) is 0.500. The Morgan fingerprint density at radius 2 is 1.69 bits per heavy atom. The molecule has 156 valence electrons. The molecule has 1 aliphatic carbocycles. The predicted molar refractivity (Wildman–Crippen MR) is 113 cm³/mol. The van der Waals surface area contributed by atoms with Crippen molar-refractivity contribution >= 4 is 11.7 Å². The SMILES string of the molecule is COc1cncc(OC2CCC(NC(=O)Nc3ccc(C(C)(C)C)cc3)CC2)n1. The summed E-state index contributed by atoms with van der Waals surface area (Å²) < 4.78 is 11.0. The summed E-state index contributed by atoms with van der Waals surface area (Å²) in [5.41, 5.74) is 2.13. The molecular formula is C22H30N4O3. The second-order valence-electron chi connectivity index (χ2n) is 8.42.